The molecule has 1 aromatic rings. The summed E-state index contributed by atoms with van der Waals surface area (Å²) in [5.41, 5.74) is 6.13. The first kappa shape index (κ1) is 13.9. The Hall–Kier alpha value is -1.49. The van der Waals surface area contributed by atoms with Crippen molar-refractivity contribution in [3.05, 3.63) is 22.8 Å². The molecule has 1 unspecified atom stereocenters. The van der Waals surface area contributed by atoms with Crippen LogP contribution in [0.5, 0.6) is 0 Å². The number of rotatable bonds is 4. The van der Waals surface area contributed by atoms with E-state index in [4.69, 9.17) is 22.5 Å². The van der Waals surface area contributed by atoms with Gasteiger partial charge in [-0.25, -0.2) is 4.98 Å². The molecule has 1 saturated heterocycles. The van der Waals surface area contributed by atoms with Crippen molar-refractivity contribution >= 4 is 23.3 Å². The van der Waals surface area contributed by atoms with Gasteiger partial charge in [0.2, 0.25) is 0 Å². The monoisotopic (exact) mass is 282 g/mol. The fraction of sp³-hybridized carbons (Fsp3) is 0.538. The minimum atomic E-state index is 0.0120. The van der Waals surface area contributed by atoms with E-state index in [0.29, 0.717) is 16.5 Å². The molecule has 2 rings (SSSR count). The quantitative estimate of drug-likeness (QED) is 0.385. The van der Waals surface area contributed by atoms with Crippen molar-refractivity contribution in [1.29, 1.82) is 0 Å². The van der Waals surface area contributed by atoms with E-state index in [1.54, 1.807) is 12.3 Å². The molecule has 0 aromatic carbocycles. The van der Waals surface area contributed by atoms with Gasteiger partial charge in [0.05, 0.1) is 5.02 Å². The summed E-state index contributed by atoms with van der Waals surface area (Å²) in [5, 5.41) is 12.2. The van der Waals surface area contributed by atoms with Crippen LogP contribution < -0.4 is 10.6 Å². The fourth-order valence-corrected chi connectivity index (χ4v) is 2.90. The van der Waals surface area contributed by atoms with Gasteiger partial charge in [0.1, 0.15) is 5.82 Å². The van der Waals surface area contributed by atoms with Crippen molar-refractivity contribution in [2.75, 3.05) is 18.0 Å². The highest BCUT2D eigenvalue weighted by molar-refractivity contribution is 6.36. The van der Waals surface area contributed by atoms with Gasteiger partial charge in [0.25, 0.3) is 0 Å². The van der Waals surface area contributed by atoms with Gasteiger partial charge >= 0.3 is 0 Å². The molecule has 1 aromatic heterocycles. The molecule has 0 saturated carbocycles. The Bertz CT molecular complexity index is 478. The summed E-state index contributed by atoms with van der Waals surface area (Å²) in [5.74, 6) is 1.44. The lowest BCUT2D eigenvalue weighted by atomic mass is 10.0. The average Bonchev–Trinajstić information content (AvgIpc) is 2.87. The molecule has 3 N–H and O–H groups in total. The highest BCUT2D eigenvalue weighted by Gasteiger charge is 2.25. The molecule has 1 fully saturated rings. The molecule has 0 radical (unpaired) electrons. The van der Waals surface area contributed by atoms with Gasteiger partial charge in [-0.3, -0.25) is 0 Å². The van der Waals surface area contributed by atoms with Crippen molar-refractivity contribution < 1.29 is 5.21 Å². The molecule has 1 atom stereocenters. The smallest absolute Gasteiger partial charge is 0.171 e. The first-order valence-corrected chi connectivity index (χ1v) is 6.92. The van der Waals surface area contributed by atoms with Crippen LogP contribution in [0.1, 0.15) is 31.7 Å². The Morgan fingerprint density at radius 2 is 2.47 bits per heavy atom. The Labute approximate surface area is 118 Å². The van der Waals surface area contributed by atoms with Gasteiger partial charge in [0.15, 0.2) is 5.84 Å². The van der Waals surface area contributed by atoms with Crippen molar-refractivity contribution in [3.63, 3.8) is 0 Å². The summed E-state index contributed by atoms with van der Waals surface area (Å²) in [6.45, 7) is 4.13. The Morgan fingerprint density at radius 3 is 3.16 bits per heavy atom. The van der Waals surface area contributed by atoms with Crippen molar-refractivity contribution in [2.24, 2.45) is 16.8 Å². The van der Waals surface area contributed by atoms with Crippen LogP contribution in [0.3, 0.4) is 0 Å². The number of aromatic nitrogens is 1. The molecule has 0 aliphatic carbocycles. The van der Waals surface area contributed by atoms with E-state index in [1.807, 2.05) is 0 Å². The van der Waals surface area contributed by atoms with Crippen LogP contribution in [0.4, 0.5) is 5.82 Å². The Kier molecular flexibility index (Phi) is 4.47. The van der Waals surface area contributed by atoms with E-state index >= 15 is 0 Å². The van der Waals surface area contributed by atoms with Crippen molar-refractivity contribution in [3.8, 4) is 0 Å². The van der Waals surface area contributed by atoms with E-state index in [9.17, 15) is 0 Å². The highest BCUT2D eigenvalue weighted by Crippen LogP contribution is 2.31. The second-order valence-electron chi connectivity index (χ2n) is 4.87. The van der Waals surface area contributed by atoms with Gasteiger partial charge < -0.3 is 15.8 Å². The third-order valence-electron chi connectivity index (χ3n) is 3.54. The zero-order valence-corrected chi connectivity index (χ0v) is 11.8. The van der Waals surface area contributed by atoms with Gasteiger partial charge in [-0.2, -0.15) is 0 Å². The lowest BCUT2D eigenvalue weighted by Gasteiger charge is -2.19. The third kappa shape index (κ3) is 2.92. The van der Waals surface area contributed by atoms with Crippen LogP contribution in [0.25, 0.3) is 0 Å². The second kappa shape index (κ2) is 6.10. The van der Waals surface area contributed by atoms with E-state index in [1.165, 1.54) is 19.3 Å². The SMILES string of the molecule is CCCC1CCN(c2nccc(/C(N)=N/O)c2Cl)C1. The zero-order valence-electron chi connectivity index (χ0n) is 11.0. The molecule has 6 heteroatoms. The molecule has 1 aliphatic rings. The second-order valence-corrected chi connectivity index (χ2v) is 5.25. The van der Waals surface area contributed by atoms with E-state index in [0.717, 1.165) is 18.9 Å². The lowest BCUT2D eigenvalue weighted by Crippen LogP contribution is -2.23. The molecule has 104 valence electrons. The largest absolute Gasteiger partial charge is 0.409 e. The zero-order chi connectivity index (χ0) is 13.8. The van der Waals surface area contributed by atoms with Gasteiger partial charge in [-0.1, -0.05) is 30.1 Å². The third-order valence-corrected chi connectivity index (χ3v) is 3.91. The summed E-state index contributed by atoms with van der Waals surface area (Å²) < 4.78 is 0. The lowest BCUT2D eigenvalue weighted by molar-refractivity contribution is 0.318. The average molecular weight is 283 g/mol. The van der Waals surface area contributed by atoms with E-state index < -0.39 is 0 Å². The van der Waals surface area contributed by atoms with Crippen molar-refractivity contribution in [2.45, 2.75) is 26.2 Å². The molecule has 1 aliphatic heterocycles. The Balaban J connectivity index is 2.22. The van der Waals surface area contributed by atoms with Crippen LogP contribution in [-0.4, -0.2) is 29.1 Å². The number of hydrogen-bond donors (Lipinski definition) is 2. The first-order chi connectivity index (χ1) is 9.17. The number of nitrogens with zero attached hydrogens (tertiary/aromatic N) is 3. The number of oxime groups is 1. The number of anilines is 1. The predicted octanol–water partition coefficient (Wildman–Crippen LogP) is 2.46. The van der Waals surface area contributed by atoms with Crippen LogP contribution in [-0.2, 0) is 0 Å². The van der Waals surface area contributed by atoms with Crippen LogP contribution in [0.15, 0.2) is 17.4 Å². The number of pyridine rings is 1. The van der Waals surface area contributed by atoms with Crippen LogP contribution >= 0.6 is 11.6 Å². The number of halogens is 1. The molecular weight excluding hydrogens is 264 g/mol. The minimum absolute atomic E-state index is 0.0120. The molecule has 19 heavy (non-hydrogen) atoms. The summed E-state index contributed by atoms with van der Waals surface area (Å²) in [6, 6.07) is 1.65. The van der Waals surface area contributed by atoms with Crippen LogP contribution in [0, 0.1) is 5.92 Å². The normalized spacial score (nSPS) is 20.0. The molecule has 5 nitrogen and oxygen atoms in total. The number of nitrogens with two attached hydrogens (primary N) is 1. The molecule has 0 amide bonds. The maximum atomic E-state index is 8.75. The molecular formula is C13H19ClN4O. The van der Waals surface area contributed by atoms with E-state index in [-0.39, 0.29) is 5.84 Å². The Morgan fingerprint density at radius 1 is 1.68 bits per heavy atom. The number of amidine groups is 1. The van der Waals surface area contributed by atoms with Gasteiger partial charge in [-0.15, -0.1) is 0 Å². The van der Waals surface area contributed by atoms with E-state index in [2.05, 4.69) is 22.0 Å². The summed E-state index contributed by atoms with van der Waals surface area (Å²) >= 11 is 6.31. The topological polar surface area (TPSA) is 74.7 Å². The van der Waals surface area contributed by atoms with Gasteiger partial charge in [-0.05, 0) is 24.8 Å². The summed E-state index contributed by atoms with van der Waals surface area (Å²) in [6.07, 6.45) is 5.24. The molecule has 0 spiro atoms. The summed E-state index contributed by atoms with van der Waals surface area (Å²) in [7, 11) is 0. The first-order valence-electron chi connectivity index (χ1n) is 6.54. The van der Waals surface area contributed by atoms with Gasteiger partial charge in [0, 0.05) is 24.8 Å². The van der Waals surface area contributed by atoms with Crippen LogP contribution in [0.2, 0.25) is 5.02 Å². The van der Waals surface area contributed by atoms with Crippen molar-refractivity contribution in [1.82, 2.24) is 4.98 Å². The number of hydrogen-bond acceptors (Lipinski definition) is 4. The molecule has 2 heterocycles. The fourth-order valence-electron chi connectivity index (χ4n) is 2.57. The summed E-state index contributed by atoms with van der Waals surface area (Å²) in [4.78, 5) is 6.51. The maximum Gasteiger partial charge on any atom is 0.171 e. The molecule has 0 bridgehead atoms. The minimum Gasteiger partial charge on any atom is -0.409 e. The predicted molar refractivity (Wildman–Crippen MR) is 77.0 cm³/mol. The maximum absolute atomic E-state index is 8.75. The highest BCUT2D eigenvalue weighted by atomic mass is 35.5. The standard InChI is InChI=1S/C13H19ClN4O/c1-2-3-9-5-7-18(8-9)13-11(14)10(4-6-16-13)12(15)17-19/h4,6,9,19H,2-3,5,7-8H2,1H3,(H2,15,17).